The first kappa shape index (κ1) is 25.9. The molecule has 4 N–H and O–H groups in total. The van der Waals surface area contributed by atoms with Crippen molar-refractivity contribution >= 4 is 45.5 Å². The van der Waals surface area contributed by atoms with Crippen LogP contribution in [0.2, 0.25) is 0 Å². The molecule has 0 amide bonds. The normalized spacial score (nSPS) is 11.5. The number of hydrogen-bond donors (Lipinski definition) is 3. The second kappa shape index (κ2) is 13.0. The maximum Gasteiger partial charge on any atom is 1.00 e. The van der Waals surface area contributed by atoms with E-state index in [-0.39, 0.29) is 46.0 Å². The summed E-state index contributed by atoms with van der Waals surface area (Å²) >= 11 is 5.90. The van der Waals surface area contributed by atoms with Gasteiger partial charge in [0.15, 0.2) is 0 Å². The first-order valence-corrected chi connectivity index (χ1v) is 8.96. The number of thioether (sulfide) groups is 1. The van der Waals surface area contributed by atoms with Crippen LogP contribution in [0.15, 0.2) is 29.2 Å². The van der Waals surface area contributed by atoms with Crippen molar-refractivity contribution in [2.75, 3.05) is 11.5 Å². The number of aryl methyl sites for hydroxylation is 1. The van der Waals surface area contributed by atoms with Gasteiger partial charge >= 0.3 is 41.5 Å². The number of carboxylic acids is 2. The average molecular weight is 407 g/mol. The summed E-state index contributed by atoms with van der Waals surface area (Å²) in [6.07, 6.45) is 0. The van der Waals surface area contributed by atoms with Crippen molar-refractivity contribution in [1.82, 2.24) is 0 Å². The minimum Gasteiger partial charge on any atom is -0.481 e. The third kappa shape index (κ3) is 11.3. The Balaban J connectivity index is 0. The molecule has 0 aliphatic heterocycles. The third-order valence-corrected chi connectivity index (χ3v) is 4.89. The van der Waals surface area contributed by atoms with Crippen molar-refractivity contribution in [3.05, 3.63) is 34.1 Å². The molecule has 1 aromatic rings. The molecular weight excluding hydrogens is 391 g/mol. The predicted molar refractivity (Wildman–Crippen MR) is 88.1 cm³/mol. The Morgan fingerprint density at radius 3 is 2.17 bits per heavy atom. The maximum atomic E-state index is 11.0. The molecule has 1 aromatic carbocycles. The molecule has 0 spiro atoms. The van der Waals surface area contributed by atoms with Crippen molar-refractivity contribution in [2.24, 2.45) is 5.73 Å². The molecule has 1 rings (SSSR count). The van der Waals surface area contributed by atoms with E-state index in [9.17, 15) is 18.0 Å². The SMILES string of the molecule is Cc1ccc(S(=O)(=O)[N-]Cl)cc1.NC(CSCC(=O)O)C(=O)O.[Na+]. The maximum absolute atomic E-state index is 11.0. The molecule has 24 heavy (non-hydrogen) atoms. The van der Waals surface area contributed by atoms with E-state index >= 15 is 0 Å². The van der Waals surface area contributed by atoms with Gasteiger partial charge in [-0.25, -0.2) is 8.42 Å². The number of halogens is 1. The average Bonchev–Trinajstić information content (AvgIpc) is 2.47. The van der Waals surface area contributed by atoms with E-state index in [2.05, 4.69) is 4.24 Å². The summed E-state index contributed by atoms with van der Waals surface area (Å²) in [4.78, 5) is 20.1. The Bertz CT molecular complexity index is 627. The van der Waals surface area contributed by atoms with E-state index in [0.29, 0.717) is 0 Å². The first-order valence-electron chi connectivity index (χ1n) is 6.03. The quantitative estimate of drug-likeness (QED) is 0.460. The van der Waals surface area contributed by atoms with Crippen molar-refractivity contribution in [3.63, 3.8) is 0 Å². The summed E-state index contributed by atoms with van der Waals surface area (Å²) in [5.41, 5.74) is 6.08. The monoisotopic (exact) mass is 406 g/mol. The molecule has 0 saturated heterocycles. The zero-order valence-corrected chi connectivity index (χ0v) is 17.4. The van der Waals surface area contributed by atoms with Gasteiger partial charge in [0.1, 0.15) is 16.1 Å². The molecule has 130 valence electrons. The summed E-state index contributed by atoms with van der Waals surface area (Å²) < 4.78 is 24.8. The smallest absolute Gasteiger partial charge is 0.481 e. The molecule has 0 bridgehead atoms. The van der Waals surface area contributed by atoms with Crippen LogP contribution in [0.5, 0.6) is 0 Å². The fourth-order valence-corrected chi connectivity index (χ4v) is 2.58. The Morgan fingerprint density at radius 2 is 1.79 bits per heavy atom. The summed E-state index contributed by atoms with van der Waals surface area (Å²) in [6, 6.07) is 5.34. The van der Waals surface area contributed by atoms with Crippen LogP contribution < -0.4 is 35.3 Å². The largest absolute Gasteiger partial charge is 1.00 e. The second-order valence-electron chi connectivity index (χ2n) is 4.21. The van der Waals surface area contributed by atoms with E-state index in [1.807, 2.05) is 6.92 Å². The summed E-state index contributed by atoms with van der Waals surface area (Å²) in [5, 5.41) is 16.4. The van der Waals surface area contributed by atoms with Crippen LogP contribution in [0.3, 0.4) is 0 Å². The van der Waals surface area contributed by atoms with Gasteiger partial charge in [-0.3, -0.25) is 21.4 Å². The Hall–Kier alpha value is -0.330. The van der Waals surface area contributed by atoms with Gasteiger partial charge in [-0.1, -0.05) is 17.7 Å². The fraction of sp³-hybridized carbons (Fsp3) is 0.333. The number of carboxylic acid groups (broad SMARTS) is 2. The number of hydrogen-bond acceptors (Lipinski definition) is 6. The van der Waals surface area contributed by atoms with Crippen LogP contribution >= 0.6 is 23.5 Å². The molecule has 12 heteroatoms. The Morgan fingerprint density at radius 1 is 1.29 bits per heavy atom. The van der Waals surface area contributed by atoms with Crippen molar-refractivity contribution in [2.45, 2.75) is 17.9 Å². The standard InChI is InChI=1S/C7H7ClNO2S.C5H9NO4S.Na/c1-6-2-4-7(5-3-6)12(10,11)9-8;6-3(5(9)10)1-11-2-4(7)8;/h2-5H,1H3;3H,1-2,6H2,(H,7,8)(H,9,10);/q-1;;+1. The van der Waals surface area contributed by atoms with Gasteiger partial charge in [-0.2, -0.15) is 0 Å². The molecule has 0 fully saturated rings. The van der Waals surface area contributed by atoms with Crippen molar-refractivity contribution in [1.29, 1.82) is 0 Å². The van der Waals surface area contributed by atoms with Gasteiger partial charge in [-0.15, -0.1) is 11.8 Å². The number of nitrogens with zero attached hydrogens (tertiary/aromatic N) is 1. The minimum atomic E-state index is -3.62. The van der Waals surface area contributed by atoms with E-state index in [1.165, 1.54) is 12.1 Å². The van der Waals surface area contributed by atoms with Crippen LogP contribution in [0.4, 0.5) is 0 Å². The molecule has 0 aliphatic carbocycles. The molecule has 0 aromatic heterocycles. The molecule has 1 unspecified atom stereocenters. The second-order valence-corrected chi connectivity index (χ2v) is 7.21. The summed E-state index contributed by atoms with van der Waals surface area (Å²) in [5.74, 6) is -2.06. The van der Waals surface area contributed by atoms with E-state index in [1.54, 1.807) is 12.1 Å². The minimum absolute atomic E-state index is 0. The van der Waals surface area contributed by atoms with Gasteiger partial charge in [-0.05, 0) is 19.1 Å². The van der Waals surface area contributed by atoms with E-state index < -0.39 is 28.0 Å². The molecule has 8 nitrogen and oxygen atoms in total. The van der Waals surface area contributed by atoms with Crippen LogP contribution in [0.1, 0.15) is 5.56 Å². The zero-order valence-electron chi connectivity index (χ0n) is 13.0. The van der Waals surface area contributed by atoms with Crippen molar-refractivity contribution < 1.29 is 57.8 Å². The molecular formula is C12H16ClN2NaO6S2. The van der Waals surface area contributed by atoms with Gasteiger partial charge in [0.2, 0.25) is 0 Å². The Labute approximate surface area is 171 Å². The molecule has 0 heterocycles. The topological polar surface area (TPSA) is 149 Å². The van der Waals surface area contributed by atoms with Gasteiger partial charge in [0.05, 0.1) is 5.75 Å². The molecule has 1 atom stereocenters. The molecule has 0 aliphatic rings. The number of aliphatic carboxylic acids is 2. The van der Waals surface area contributed by atoms with E-state index in [4.69, 9.17) is 27.7 Å². The number of nitrogens with two attached hydrogens (primary N) is 1. The van der Waals surface area contributed by atoms with Crippen LogP contribution in [-0.2, 0) is 19.6 Å². The van der Waals surface area contributed by atoms with Gasteiger partial charge < -0.3 is 20.2 Å². The Kier molecular flexibility index (Phi) is 14.0. The van der Waals surface area contributed by atoms with Crippen LogP contribution in [-0.4, -0.2) is 48.1 Å². The van der Waals surface area contributed by atoms with Gasteiger partial charge in [0, 0.05) is 10.6 Å². The number of sulfonamides is 1. The molecule has 0 saturated carbocycles. The van der Waals surface area contributed by atoms with Gasteiger partial charge in [0.25, 0.3) is 0 Å². The van der Waals surface area contributed by atoms with Crippen molar-refractivity contribution in [3.8, 4) is 0 Å². The van der Waals surface area contributed by atoms with Crippen LogP contribution in [0.25, 0.3) is 4.24 Å². The van der Waals surface area contributed by atoms with E-state index in [0.717, 1.165) is 17.3 Å². The summed E-state index contributed by atoms with van der Waals surface area (Å²) in [7, 11) is -3.62. The third-order valence-electron chi connectivity index (χ3n) is 2.25. The molecule has 0 radical (unpaired) electrons. The zero-order chi connectivity index (χ0) is 18.0. The number of benzene rings is 1. The predicted octanol–water partition coefficient (Wildman–Crippen LogP) is -1.57. The number of carbonyl (C=O) groups is 2. The first-order chi connectivity index (χ1) is 10.6. The fourth-order valence-electron chi connectivity index (χ4n) is 1.09. The summed E-state index contributed by atoms with van der Waals surface area (Å²) in [6.45, 7) is 1.87. The van der Waals surface area contributed by atoms with Crippen LogP contribution in [0, 0.1) is 6.92 Å². The number of rotatable bonds is 7.